The van der Waals surface area contributed by atoms with Gasteiger partial charge in [-0.2, -0.15) is 5.26 Å². The van der Waals surface area contributed by atoms with Gasteiger partial charge in [-0.3, -0.25) is 4.79 Å². The molecule has 1 amide bonds. The first kappa shape index (κ1) is 20.3. The van der Waals surface area contributed by atoms with E-state index < -0.39 is 11.6 Å². The van der Waals surface area contributed by atoms with Crippen LogP contribution in [0, 0.1) is 17.1 Å². The molecule has 2 heterocycles. The molecule has 0 unspecified atom stereocenters. The third-order valence-corrected chi connectivity index (χ3v) is 5.77. The Bertz CT molecular complexity index is 996. The van der Waals surface area contributed by atoms with E-state index in [9.17, 15) is 14.4 Å². The summed E-state index contributed by atoms with van der Waals surface area (Å²) in [7, 11) is 0. The molecule has 2 aliphatic rings. The summed E-state index contributed by atoms with van der Waals surface area (Å²) in [4.78, 5) is 12.6. The number of ether oxygens (including phenoxy) is 2. The number of nitrogens with zero attached hydrogens (tertiary/aromatic N) is 1. The molecule has 0 aliphatic carbocycles. The number of rotatable bonds is 4. The van der Waals surface area contributed by atoms with E-state index in [1.54, 1.807) is 6.07 Å². The molecule has 3 N–H and O–H groups in total. The third-order valence-electron chi connectivity index (χ3n) is 5.77. The third kappa shape index (κ3) is 4.16. The fraction of sp³-hybridized carbons (Fsp3) is 0.391. The van der Waals surface area contributed by atoms with E-state index in [0.717, 1.165) is 22.3 Å². The zero-order chi connectivity index (χ0) is 21.1. The second-order valence-corrected chi connectivity index (χ2v) is 7.86. The van der Waals surface area contributed by atoms with Gasteiger partial charge in [0.05, 0.1) is 18.2 Å². The van der Waals surface area contributed by atoms with Crippen LogP contribution in [0.25, 0.3) is 11.1 Å². The quantitative estimate of drug-likeness (QED) is 0.809. The van der Waals surface area contributed by atoms with Crippen LogP contribution in [0.5, 0.6) is 5.75 Å². The predicted molar refractivity (Wildman–Crippen MR) is 109 cm³/mol. The zero-order valence-corrected chi connectivity index (χ0v) is 16.6. The lowest BCUT2D eigenvalue weighted by molar-refractivity contribution is -0.130. The summed E-state index contributed by atoms with van der Waals surface area (Å²) in [6.07, 6.45) is 1.93. The van der Waals surface area contributed by atoms with Gasteiger partial charge in [-0.05, 0) is 41.7 Å². The predicted octanol–water partition coefficient (Wildman–Crippen LogP) is 2.49. The minimum Gasteiger partial charge on any atom is -0.492 e. The van der Waals surface area contributed by atoms with Crippen molar-refractivity contribution in [1.82, 2.24) is 5.32 Å². The van der Waals surface area contributed by atoms with E-state index in [2.05, 4.69) is 11.4 Å². The number of hydrogen-bond acceptors (Lipinski definition) is 5. The number of carbonyl (C=O) groups is 1. The molecule has 0 bridgehead atoms. The molecule has 30 heavy (non-hydrogen) atoms. The van der Waals surface area contributed by atoms with Crippen molar-refractivity contribution in [3.63, 3.8) is 0 Å². The minimum absolute atomic E-state index is 0.309. The molecule has 2 aromatic carbocycles. The van der Waals surface area contributed by atoms with Crippen molar-refractivity contribution in [2.24, 2.45) is 5.73 Å². The Balaban J connectivity index is 1.51. The largest absolute Gasteiger partial charge is 0.492 e. The molecule has 0 aromatic heterocycles. The lowest BCUT2D eigenvalue weighted by Crippen LogP contribution is -2.58. The van der Waals surface area contributed by atoms with Crippen LogP contribution < -0.4 is 15.8 Å². The number of benzene rings is 2. The van der Waals surface area contributed by atoms with Crippen LogP contribution in [0.3, 0.4) is 0 Å². The van der Waals surface area contributed by atoms with Gasteiger partial charge in [-0.15, -0.1) is 0 Å². The summed E-state index contributed by atoms with van der Waals surface area (Å²) in [6.45, 7) is 1.34. The Kier molecular flexibility index (Phi) is 5.71. The van der Waals surface area contributed by atoms with Gasteiger partial charge in [0.2, 0.25) is 5.91 Å². The maximum Gasteiger partial charge on any atom is 0.241 e. The van der Waals surface area contributed by atoms with Crippen molar-refractivity contribution >= 4 is 5.91 Å². The van der Waals surface area contributed by atoms with Gasteiger partial charge in [0.1, 0.15) is 17.6 Å². The van der Waals surface area contributed by atoms with E-state index in [1.165, 1.54) is 12.1 Å². The van der Waals surface area contributed by atoms with E-state index in [0.29, 0.717) is 51.3 Å². The number of nitriles is 1. The van der Waals surface area contributed by atoms with Gasteiger partial charge in [0.15, 0.2) is 0 Å². The van der Waals surface area contributed by atoms with Crippen LogP contribution >= 0.6 is 0 Å². The molecule has 156 valence electrons. The summed E-state index contributed by atoms with van der Waals surface area (Å²) in [5.74, 6) is -0.103. The molecule has 1 fully saturated rings. The molecule has 1 saturated heterocycles. The number of halogens is 1. The van der Waals surface area contributed by atoms with Gasteiger partial charge < -0.3 is 20.5 Å². The second kappa shape index (κ2) is 8.42. The summed E-state index contributed by atoms with van der Waals surface area (Å²) in [6, 6.07) is 12.0. The van der Waals surface area contributed by atoms with Crippen LogP contribution in [0.15, 0.2) is 36.4 Å². The topological polar surface area (TPSA) is 97.4 Å². The van der Waals surface area contributed by atoms with Crippen molar-refractivity contribution in [2.45, 2.75) is 37.3 Å². The number of amides is 1. The maximum atomic E-state index is 13.6. The van der Waals surface area contributed by atoms with E-state index in [4.69, 9.17) is 15.2 Å². The highest BCUT2D eigenvalue weighted by atomic mass is 19.1. The van der Waals surface area contributed by atoms with Crippen LogP contribution in [-0.2, 0) is 22.4 Å². The van der Waals surface area contributed by atoms with Gasteiger partial charge in [-0.25, -0.2) is 4.39 Å². The molecular formula is C23H24FN3O3. The Hall–Kier alpha value is -2.95. The lowest BCUT2D eigenvalue weighted by atomic mass is 9.89. The Morgan fingerprint density at radius 3 is 2.73 bits per heavy atom. The lowest BCUT2D eigenvalue weighted by Gasteiger charge is -2.32. The monoisotopic (exact) mass is 409 g/mol. The molecule has 6 nitrogen and oxygen atoms in total. The zero-order valence-electron chi connectivity index (χ0n) is 16.6. The van der Waals surface area contributed by atoms with Crippen molar-refractivity contribution in [3.8, 4) is 22.9 Å². The smallest absolute Gasteiger partial charge is 0.241 e. The Labute approximate surface area is 174 Å². The highest BCUT2D eigenvalue weighted by Crippen LogP contribution is 2.36. The van der Waals surface area contributed by atoms with Crippen molar-refractivity contribution in [3.05, 3.63) is 53.3 Å². The summed E-state index contributed by atoms with van der Waals surface area (Å²) in [5.41, 5.74) is 9.08. The average Bonchev–Trinajstić information content (AvgIpc) is 2.92. The standard InChI is InChI=1S/C23H24FN3O3/c24-17-2-4-20-19-3-1-15(11-16(19)5-8-30-21(20)13-17)12-18(14-25)27-22(28)23(26)6-9-29-10-7-23/h1-4,11,13,18H,5-10,12,26H2,(H,27,28)/t18-/m0/s1. The molecule has 4 rings (SSSR count). The molecular weight excluding hydrogens is 385 g/mol. The van der Waals surface area contributed by atoms with E-state index in [1.807, 2.05) is 18.2 Å². The highest BCUT2D eigenvalue weighted by Gasteiger charge is 2.36. The average molecular weight is 409 g/mol. The fourth-order valence-corrected chi connectivity index (χ4v) is 3.98. The van der Waals surface area contributed by atoms with E-state index >= 15 is 0 Å². The second-order valence-electron chi connectivity index (χ2n) is 7.86. The Morgan fingerprint density at radius 2 is 1.97 bits per heavy atom. The van der Waals surface area contributed by atoms with Crippen molar-refractivity contribution in [1.29, 1.82) is 5.26 Å². The van der Waals surface area contributed by atoms with Crippen LogP contribution in [0.2, 0.25) is 0 Å². The van der Waals surface area contributed by atoms with Crippen molar-refractivity contribution in [2.75, 3.05) is 19.8 Å². The number of carbonyl (C=O) groups excluding carboxylic acids is 1. The highest BCUT2D eigenvalue weighted by molar-refractivity contribution is 5.86. The first-order chi connectivity index (χ1) is 14.5. The number of fused-ring (bicyclic) bond motifs is 3. The molecule has 2 aromatic rings. The molecule has 1 atom stereocenters. The summed E-state index contributed by atoms with van der Waals surface area (Å²) in [5, 5.41) is 12.4. The SMILES string of the molecule is N#C[C@H](Cc1ccc2c(c1)CCOc1cc(F)ccc1-2)NC(=O)C1(N)CCOCC1. The van der Waals surface area contributed by atoms with Gasteiger partial charge >= 0.3 is 0 Å². The van der Waals surface area contributed by atoms with Gasteiger partial charge in [-0.1, -0.05) is 18.2 Å². The number of hydrogen-bond donors (Lipinski definition) is 2. The number of nitrogens with two attached hydrogens (primary N) is 1. The summed E-state index contributed by atoms with van der Waals surface area (Å²) < 4.78 is 24.5. The van der Waals surface area contributed by atoms with Gasteiger partial charge in [0, 0.05) is 37.7 Å². The Morgan fingerprint density at radius 1 is 1.20 bits per heavy atom. The number of nitrogens with one attached hydrogen (secondary N) is 1. The van der Waals surface area contributed by atoms with Crippen LogP contribution in [-0.4, -0.2) is 37.3 Å². The minimum atomic E-state index is -0.989. The first-order valence-corrected chi connectivity index (χ1v) is 10.1. The van der Waals surface area contributed by atoms with Crippen LogP contribution in [0.1, 0.15) is 24.0 Å². The molecule has 7 heteroatoms. The summed E-state index contributed by atoms with van der Waals surface area (Å²) >= 11 is 0. The normalized spacial score (nSPS) is 18.0. The molecule has 2 aliphatic heterocycles. The molecule has 0 spiro atoms. The maximum absolute atomic E-state index is 13.6. The van der Waals surface area contributed by atoms with E-state index in [-0.39, 0.29) is 11.7 Å². The first-order valence-electron chi connectivity index (χ1n) is 10.1. The molecule has 0 saturated carbocycles. The van der Waals surface area contributed by atoms with Gasteiger partial charge in [0.25, 0.3) is 0 Å². The van der Waals surface area contributed by atoms with Crippen molar-refractivity contribution < 1.29 is 18.7 Å². The van der Waals surface area contributed by atoms with Crippen LogP contribution in [0.4, 0.5) is 4.39 Å². The fourth-order valence-electron chi connectivity index (χ4n) is 3.98. The molecule has 0 radical (unpaired) electrons.